The van der Waals surface area contributed by atoms with Gasteiger partial charge in [0, 0.05) is 6.54 Å². The Morgan fingerprint density at radius 1 is 1.62 bits per heavy atom. The van der Waals surface area contributed by atoms with Crippen LogP contribution in [0.2, 0.25) is 0 Å². The Morgan fingerprint density at radius 3 is 3.08 bits per heavy atom. The van der Waals surface area contributed by atoms with Gasteiger partial charge in [0.2, 0.25) is 0 Å². The molecule has 2 atom stereocenters. The lowest BCUT2D eigenvalue weighted by atomic mass is 9.84. The number of ether oxygens (including phenoxy) is 1. The van der Waals surface area contributed by atoms with Gasteiger partial charge in [0.15, 0.2) is 0 Å². The molecule has 2 heterocycles. The number of nitrogens with zero attached hydrogens (tertiary/aromatic N) is 1. The van der Waals surface area contributed by atoms with E-state index in [4.69, 9.17) is 4.74 Å². The van der Waals surface area contributed by atoms with E-state index in [1.54, 1.807) is 0 Å². The average Bonchev–Trinajstić information content (AvgIpc) is 2.38. The summed E-state index contributed by atoms with van der Waals surface area (Å²) >= 11 is 0. The number of fused-ring (bicyclic) bond motifs is 1. The zero-order valence-corrected chi connectivity index (χ0v) is 8.38. The second-order valence-corrected chi connectivity index (χ2v) is 4.25. The highest BCUT2D eigenvalue weighted by atomic mass is 16.6. The van der Waals surface area contributed by atoms with Crippen molar-refractivity contribution in [3.63, 3.8) is 0 Å². The van der Waals surface area contributed by atoms with Gasteiger partial charge in [-0.2, -0.15) is 0 Å². The second kappa shape index (κ2) is 2.89. The van der Waals surface area contributed by atoms with E-state index in [0.29, 0.717) is 0 Å². The molecule has 0 spiro atoms. The van der Waals surface area contributed by atoms with Crippen LogP contribution < -0.4 is 0 Å². The molecule has 2 fully saturated rings. The van der Waals surface area contributed by atoms with Crippen LogP contribution in [0.1, 0.15) is 39.5 Å². The summed E-state index contributed by atoms with van der Waals surface area (Å²) in [5.41, 5.74) is -0.00984. The van der Waals surface area contributed by atoms with Gasteiger partial charge in [-0.25, -0.2) is 4.79 Å². The van der Waals surface area contributed by atoms with E-state index in [0.717, 1.165) is 25.8 Å². The summed E-state index contributed by atoms with van der Waals surface area (Å²) in [6, 6.07) is 0. The van der Waals surface area contributed by atoms with Gasteiger partial charge in [-0.1, -0.05) is 6.92 Å². The molecule has 0 aliphatic carbocycles. The zero-order chi connectivity index (χ0) is 9.47. The van der Waals surface area contributed by atoms with Crippen LogP contribution in [0.15, 0.2) is 0 Å². The number of carbonyl (C=O) groups is 1. The first-order chi connectivity index (χ1) is 6.18. The predicted octanol–water partition coefficient (Wildman–Crippen LogP) is 2.16. The van der Waals surface area contributed by atoms with Crippen LogP contribution in [0.4, 0.5) is 4.79 Å². The molecule has 0 aromatic rings. The van der Waals surface area contributed by atoms with E-state index < -0.39 is 0 Å². The third kappa shape index (κ3) is 1.13. The van der Waals surface area contributed by atoms with Crippen molar-refractivity contribution in [2.45, 2.75) is 51.2 Å². The smallest absolute Gasteiger partial charge is 0.410 e. The normalized spacial score (nSPS) is 38.8. The molecule has 1 amide bonds. The first-order valence-electron chi connectivity index (χ1n) is 5.16. The van der Waals surface area contributed by atoms with Crippen molar-refractivity contribution in [3.05, 3.63) is 0 Å². The Bertz CT molecular complexity index is 229. The van der Waals surface area contributed by atoms with Gasteiger partial charge in [-0.15, -0.1) is 0 Å². The summed E-state index contributed by atoms with van der Waals surface area (Å²) in [6.07, 6.45) is 4.38. The SMILES string of the molecule is CC[C@@H]1OC(=O)N2CCCC[C@@]12C. The van der Waals surface area contributed by atoms with Gasteiger partial charge in [0.05, 0.1) is 5.54 Å². The Balaban J connectivity index is 2.25. The van der Waals surface area contributed by atoms with Crippen molar-refractivity contribution >= 4 is 6.09 Å². The van der Waals surface area contributed by atoms with Crippen LogP contribution in [0, 0.1) is 0 Å². The van der Waals surface area contributed by atoms with Gasteiger partial charge in [0.25, 0.3) is 0 Å². The summed E-state index contributed by atoms with van der Waals surface area (Å²) in [4.78, 5) is 13.4. The number of rotatable bonds is 1. The lowest BCUT2D eigenvalue weighted by Gasteiger charge is -2.39. The summed E-state index contributed by atoms with van der Waals surface area (Å²) < 4.78 is 5.35. The van der Waals surface area contributed by atoms with Crippen LogP contribution >= 0.6 is 0 Å². The van der Waals surface area contributed by atoms with E-state index in [9.17, 15) is 4.79 Å². The number of piperidine rings is 1. The number of hydrogen-bond acceptors (Lipinski definition) is 2. The first kappa shape index (κ1) is 8.85. The van der Waals surface area contributed by atoms with Crippen LogP contribution in [-0.4, -0.2) is 29.2 Å². The molecular formula is C10H17NO2. The zero-order valence-electron chi connectivity index (χ0n) is 8.38. The minimum atomic E-state index is -0.103. The fraction of sp³-hybridized carbons (Fsp3) is 0.900. The Morgan fingerprint density at radius 2 is 2.38 bits per heavy atom. The molecule has 3 nitrogen and oxygen atoms in total. The summed E-state index contributed by atoms with van der Waals surface area (Å²) in [7, 11) is 0. The van der Waals surface area contributed by atoms with Gasteiger partial charge in [-0.3, -0.25) is 4.90 Å². The fourth-order valence-corrected chi connectivity index (χ4v) is 2.61. The third-order valence-electron chi connectivity index (χ3n) is 3.46. The van der Waals surface area contributed by atoms with Crippen molar-refractivity contribution < 1.29 is 9.53 Å². The third-order valence-corrected chi connectivity index (χ3v) is 3.46. The van der Waals surface area contributed by atoms with E-state index in [-0.39, 0.29) is 17.7 Å². The first-order valence-corrected chi connectivity index (χ1v) is 5.16. The van der Waals surface area contributed by atoms with Crippen molar-refractivity contribution in [1.82, 2.24) is 4.90 Å². The maximum absolute atomic E-state index is 11.5. The lowest BCUT2D eigenvalue weighted by Crippen LogP contribution is -2.51. The van der Waals surface area contributed by atoms with Crippen molar-refractivity contribution in [3.8, 4) is 0 Å². The highest BCUT2D eigenvalue weighted by molar-refractivity contribution is 5.72. The standard InChI is InChI=1S/C10H17NO2/c1-3-8-10(2)6-4-5-7-11(10)9(12)13-8/h8H,3-7H2,1-2H3/t8-,10-/m0/s1. The van der Waals surface area contributed by atoms with E-state index in [1.165, 1.54) is 6.42 Å². The van der Waals surface area contributed by atoms with Crippen molar-refractivity contribution in [1.29, 1.82) is 0 Å². The maximum atomic E-state index is 11.5. The molecule has 0 N–H and O–H groups in total. The molecule has 2 saturated heterocycles. The highest BCUT2D eigenvalue weighted by Crippen LogP contribution is 2.39. The molecule has 74 valence electrons. The van der Waals surface area contributed by atoms with Crippen molar-refractivity contribution in [2.24, 2.45) is 0 Å². The minimum absolute atomic E-state index is 0.00984. The summed E-state index contributed by atoms with van der Waals surface area (Å²) in [6.45, 7) is 5.12. The largest absolute Gasteiger partial charge is 0.444 e. The summed E-state index contributed by atoms with van der Waals surface area (Å²) in [5.74, 6) is 0. The van der Waals surface area contributed by atoms with Crippen LogP contribution in [0.25, 0.3) is 0 Å². The molecule has 2 aliphatic rings. The Kier molecular flexibility index (Phi) is 1.97. The molecule has 0 bridgehead atoms. The molecule has 2 rings (SSSR count). The lowest BCUT2D eigenvalue weighted by molar-refractivity contribution is 0.0803. The minimum Gasteiger partial charge on any atom is -0.444 e. The molecule has 2 aliphatic heterocycles. The van der Waals surface area contributed by atoms with Gasteiger partial charge >= 0.3 is 6.09 Å². The highest BCUT2D eigenvalue weighted by Gasteiger charge is 2.51. The maximum Gasteiger partial charge on any atom is 0.410 e. The second-order valence-electron chi connectivity index (χ2n) is 4.25. The monoisotopic (exact) mass is 183 g/mol. The average molecular weight is 183 g/mol. The van der Waals surface area contributed by atoms with Crippen LogP contribution in [0.3, 0.4) is 0 Å². The quantitative estimate of drug-likeness (QED) is 0.623. The fourth-order valence-electron chi connectivity index (χ4n) is 2.61. The molecule has 0 radical (unpaired) electrons. The molecule has 0 unspecified atom stereocenters. The molecule has 0 saturated carbocycles. The summed E-state index contributed by atoms with van der Waals surface area (Å²) in [5, 5.41) is 0. The molecule has 0 aromatic carbocycles. The molecule has 0 aromatic heterocycles. The van der Waals surface area contributed by atoms with E-state index in [2.05, 4.69) is 13.8 Å². The molecule has 3 heteroatoms. The van der Waals surface area contributed by atoms with E-state index in [1.807, 2.05) is 4.90 Å². The number of hydrogen-bond donors (Lipinski definition) is 0. The molecular weight excluding hydrogens is 166 g/mol. The predicted molar refractivity (Wildman–Crippen MR) is 49.5 cm³/mol. The van der Waals surface area contributed by atoms with Crippen molar-refractivity contribution in [2.75, 3.05) is 6.54 Å². The number of cyclic esters (lactones) is 1. The molecule has 13 heavy (non-hydrogen) atoms. The topological polar surface area (TPSA) is 29.5 Å². The van der Waals surface area contributed by atoms with Gasteiger partial charge in [-0.05, 0) is 32.6 Å². The Hall–Kier alpha value is -0.730. The van der Waals surface area contributed by atoms with Crippen LogP contribution in [0.5, 0.6) is 0 Å². The Labute approximate surface area is 79.0 Å². The van der Waals surface area contributed by atoms with E-state index >= 15 is 0 Å². The number of carbonyl (C=O) groups excluding carboxylic acids is 1. The number of amides is 1. The van der Waals surface area contributed by atoms with Crippen LogP contribution in [-0.2, 0) is 4.74 Å². The van der Waals surface area contributed by atoms with Gasteiger partial charge in [0.1, 0.15) is 6.10 Å². The van der Waals surface area contributed by atoms with Gasteiger partial charge < -0.3 is 4.74 Å².